The van der Waals surface area contributed by atoms with E-state index in [2.05, 4.69) is 60.0 Å². The third-order valence-corrected chi connectivity index (χ3v) is 6.89. The first-order valence-electron chi connectivity index (χ1n) is 9.23. The molecule has 0 spiro atoms. The van der Waals surface area contributed by atoms with E-state index in [1.165, 1.54) is 47.0 Å². The fraction of sp³-hybridized carbons (Fsp3) is 0.429. The molecule has 2 nitrogen and oxygen atoms in total. The highest BCUT2D eigenvalue weighted by atomic mass is 35.5. The van der Waals surface area contributed by atoms with Crippen molar-refractivity contribution in [2.24, 2.45) is 0 Å². The van der Waals surface area contributed by atoms with Crippen LogP contribution in [-0.2, 0) is 0 Å². The Morgan fingerprint density at radius 1 is 0.960 bits per heavy atom. The van der Waals surface area contributed by atoms with Crippen molar-refractivity contribution in [3.05, 3.63) is 47.5 Å². The van der Waals surface area contributed by atoms with Crippen LogP contribution in [0.1, 0.15) is 33.1 Å². The van der Waals surface area contributed by atoms with Gasteiger partial charge >= 0.3 is 0 Å². The van der Waals surface area contributed by atoms with E-state index in [1.54, 1.807) is 0 Å². The van der Waals surface area contributed by atoms with Crippen molar-refractivity contribution < 1.29 is 0 Å². The Balaban J connectivity index is 1.55. The first kappa shape index (κ1) is 17.3. The number of hydrogen-bond acceptors (Lipinski definition) is 3. The lowest BCUT2D eigenvalue weighted by atomic mass is 10.2. The van der Waals surface area contributed by atoms with Gasteiger partial charge in [0.1, 0.15) is 0 Å². The number of halogens is 1. The number of para-hydroxylation sites is 1. The van der Waals surface area contributed by atoms with E-state index in [0.717, 1.165) is 23.7 Å². The van der Waals surface area contributed by atoms with Crippen LogP contribution in [0, 0.1) is 0 Å². The molecule has 0 N–H and O–H groups in total. The number of rotatable bonds is 4. The smallest absolute Gasteiger partial charge is 0.0567 e. The minimum Gasteiger partial charge on any atom is -0.340 e. The van der Waals surface area contributed by atoms with E-state index in [-0.39, 0.29) is 0 Å². The largest absolute Gasteiger partial charge is 0.340 e. The van der Waals surface area contributed by atoms with Crippen molar-refractivity contribution >= 4 is 34.7 Å². The van der Waals surface area contributed by atoms with E-state index in [1.807, 2.05) is 17.8 Å². The molecular weight excluding hydrogens is 348 g/mol. The molecule has 0 bridgehead atoms. The Morgan fingerprint density at radius 3 is 2.48 bits per heavy atom. The van der Waals surface area contributed by atoms with Crippen molar-refractivity contribution in [1.29, 1.82) is 0 Å². The number of hydrogen-bond donors (Lipinski definition) is 0. The molecule has 0 aromatic heterocycles. The van der Waals surface area contributed by atoms with Crippen LogP contribution in [0.4, 0.5) is 11.4 Å². The maximum absolute atomic E-state index is 6.30. The maximum Gasteiger partial charge on any atom is 0.0567 e. The molecule has 2 aliphatic heterocycles. The first-order chi connectivity index (χ1) is 12.1. The molecule has 2 aliphatic rings. The lowest BCUT2D eigenvalue weighted by molar-refractivity contribution is 0.213. The second kappa shape index (κ2) is 7.22. The average molecular weight is 373 g/mol. The highest BCUT2D eigenvalue weighted by molar-refractivity contribution is 7.99. The number of fused-ring (bicyclic) bond motifs is 2. The van der Waals surface area contributed by atoms with Crippen LogP contribution in [-0.4, -0.2) is 30.1 Å². The SMILES string of the molecule is CC1CCC(C)N1CCCN1c2ccccc2Sc2ccc(Cl)cc21. The fourth-order valence-corrected chi connectivity index (χ4v) is 5.39. The summed E-state index contributed by atoms with van der Waals surface area (Å²) in [6.45, 7) is 6.93. The van der Waals surface area contributed by atoms with Crippen LogP contribution in [0.5, 0.6) is 0 Å². The predicted octanol–water partition coefficient (Wildman–Crippen LogP) is 6.21. The number of anilines is 2. The Kier molecular flexibility index (Phi) is 4.99. The molecule has 25 heavy (non-hydrogen) atoms. The average Bonchev–Trinajstić information content (AvgIpc) is 2.93. The van der Waals surface area contributed by atoms with Crippen LogP contribution in [0.25, 0.3) is 0 Å². The monoisotopic (exact) mass is 372 g/mol. The zero-order valence-electron chi connectivity index (χ0n) is 14.9. The van der Waals surface area contributed by atoms with E-state index in [4.69, 9.17) is 11.6 Å². The summed E-state index contributed by atoms with van der Waals surface area (Å²) in [5.41, 5.74) is 2.56. The van der Waals surface area contributed by atoms with Crippen molar-refractivity contribution in [2.45, 2.75) is 55.0 Å². The summed E-state index contributed by atoms with van der Waals surface area (Å²) in [5.74, 6) is 0. The van der Waals surface area contributed by atoms with Crippen molar-refractivity contribution in [3.63, 3.8) is 0 Å². The van der Waals surface area contributed by atoms with Gasteiger partial charge in [0.25, 0.3) is 0 Å². The molecule has 1 fully saturated rings. The number of likely N-dealkylation sites (tertiary alicyclic amines) is 1. The molecule has 2 heterocycles. The Bertz CT molecular complexity index is 753. The third kappa shape index (κ3) is 3.42. The lowest BCUT2D eigenvalue weighted by Crippen LogP contribution is -2.35. The van der Waals surface area contributed by atoms with E-state index in [9.17, 15) is 0 Å². The summed E-state index contributed by atoms with van der Waals surface area (Å²) in [5, 5.41) is 0.811. The molecule has 0 radical (unpaired) electrons. The summed E-state index contributed by atoms with van der Waals surface area (Å²) in [7, 11) is 0. The summed E-state index contributed by atoms with van der Waals surface area (Å²) in [6, 6.07) is 16.4. The summed E-state index contributed by atoms with van der Waals surface area (Å²) < 4.78 is 0. The standard InChI is InChI=1S/C21H25ClN2S/c1-15-8-9-16(2)23(15)12-5-13-24-18-6-3-4-7-20(18)25-21-11-10-17(22)14-19(21)24/h3-4,6-7,10-11,14-16H,5,8-9,12-13H2,1-2H3. The van der Waals surface area contributed by atoms with Gasteiger partial charge in [-0.15, -0.1) is 0 Å². The first-order valence-corrected chi connectivity index (χ1v) is 10.4. The van der Waals surface area contributed by atoms with Gasteiger partial charge in [-0.2, -0.15) is 0 Å². The van der Waals surface area contributed by atoms with Crippen molar-refractivity contribution in [1.82, 2.24) is 4.90 Å². The molecule has 4 heteroatoms. The van der Waals surface area contributed by atoms with Gasteiger partial charge < -0.3 is 4.90 Å². The van der Waals surface area contributed by atoms with Crippen LogP contribution < -0.4 is 4.90 Å². The highest BCUT2D eigenvalue weighted by Gasteiger charge is 2.27. The summed E-state index contributed by atoms with van der Waals surface area (Å²) in [6.07, 6.45) is 3.84. The second-order valence-corrected chi connectivity index (χ2v) is 8.72. The minimum atomic E-state index is 0.723. The van der Waals surface area contributed by atoms with Crippen LogP contribution in [0.3, 0.4) is 0 Å². The predicted molar refractivity (Wildman–Crippen MR) is 109 cm³/mol. The fourth-order valence-electron chi connectivity index (χ4n) is 4.14. The van der Waals surface area contributed by atoms with Gasteiger partial charge in [-0.3, -0.25) is 4.90 Å². The molecule has 4 rings (SSSR count). The van der Waals surface area contributed by atoms with Gasteiger partial charge in [-0.1, -0.05) is 35.5 Å². The lowest BCUT2D eigenvalue weighted by Gasteiger charge is -2.34. The number of nitrogens with zero attached hydrogens (tertiary/aromatic N) is 2. The van der Waals surface area contributed by atoms with Crippen LogP contribution in [0.2, 0.25) is 5.02 Å². The third-order valence-electron chi connectivity index (χ3n) is 5.52. The van der Waals surface area contributed by atoms with E-state index < -0.39 is 0 Å². The van der Waals surface area contributed by atoms with Gasteiger partial charge in [0.15, 0.2) is 0 Å². The summed E-state index contributed by atoms with van der Waals surface area (Å²) in [4.78, 5) is 7.76. The Hall–Kier alpha value is -1.16. The Morgan fingerprint density at radius 2 is 1.68 bits per heavy atom. The molecular formula is C21H25ClN2S. The summed E-state index contributed by atoms with van der Waals surface area (Å²) >= 11 is 8.14. The Labute approximate surface area is 160 Å². The molecule has 2 unspecified atom stereocenters. The zero-order valence-corrected chi connectivity index (χ0v) is 16.5. The van der Waals surface area contributed by atoms with Crippen molar-refractivity contribution in [3.8, 4) is 0 Å². The molecule has 0 amide bonds. The van der Waals surface area contributed by atoms with Gasteiger partial charge in [0.2, 0.25) is 0 Å². The normalized spacial score (nSPS) is 22.8. The molecule has 132 valence electrons. The molecule has 0 aliphatic carbocycles. The molecule has 2 aromatic carbocycles. The zero-order chi connectivity index (χ0) is 17.4. The molecule has 0 saturated carbocycles. The van der Waals surface area contributed by atoms with Crippen molar-refractivity contribution in [2.75, 3.05) is 18.0 Å². The number of benzene rings is 2. The van der Waals surface area contributed by atoms with Crippen LogP contribution in [0.15, 0.2) is 52.3 Å². The van der Waals surface area contributed by atoms with Gasteiger partial charge in [0.05, 0.1) is 11.4 Å². The molecule has 2 atom stereocenters. The molecule has 2 aromatic rings. The quantitative estimate of drug-likeness (QED) is 0.630. The second-order valence-electron chi connectivity index (χ2n) is 7.20. The van der Waals surface area contributed by atoms with Gasteiger partial charge in [-0.25, -0.2) is 0 Å². The van der Waals surface area contributed by atoms with Gasteiger partial charge in [-0.05, 0) is 63.4 Å². The maximum atomic E-state index is 6.30. The van der Waals surface area contributed by atoms with E-state index in [0.29, 0.717) is 0 Å². The van der Waals surface area contributed by atoms with Crippen LogP contribution >= 0.6 is 23.4 Å². The highest BCUT2D eigenvalue weighted by Crippen LogP contribution is 2.48. The minimum absolute atomic E-state index is 0.723. The molecule has 1 saturated heterocycles. The van der Waals surface area contributed by atoms with Gasteiger partial charge in [0, 0.05) is 40.0 Å². The van der Waals surface area contributed by atoms with E-state index >= 15 is 0 Å². The topological polar surface area (TPSA) is 6.48 Å².